The Morgan fingerprint density at radius 3 is 2.28 bits per heavy atom. The van der Waals surface area contributed by atoms with E-state index in [9.17, 15) is 53.7 Å². The van der Waals surface area contributed by atoms with Gasteiger partial charge in [0, 0.05) is 73.7 Å². The fraction of sp³-hybridized carbons (Fsp3) is 0.660. The van der Waals surface area contributed by atoms with Crippen LogP contribution >= 0.6 is 11.8 Å². The van der Waals surface area contributed by atoms with Crippen molar-refractivity contribution in [2.45, 2.75) is 165 Å². The van der Waals surface area contributed by atoms with Gasteiger partial charge in [0.05, 0.1) is 60.6 Å². The van der Waals surface area contributed by atoms with Gasteiger partial charge in [-0.1, -0.05) is 40.0 Å². The summed E-state index contributed by atoms with van der Waals surface area (Å²) in [4.78, 5) is 147. The second-order valence-electron chi connectivity index (χ2n) is 22.0. The summed E-state index contributed by atoms with van der Waals surface area (Å²) in [6.45, 7) is 7.89. The number of aliphatic hydroxyl groups is 3. The first kappa shape index (κ1) is 61.1. The minimum atomic E-state index is -2.29. The van der Waals surface area contributed by atoms with Gasteiger partial charge in [0.15, 0.2) is 17.3 Å². The number of H-pyrrole nitrogens is 1. The molecule has 25 heteroatoms. The monoisotopic (exact) mass is 1110 g/mol. The molecule has 24 nitrogen and oxygen atoms in total. The number of carbonyl (C=O) groups is 10. The van der Waals surface area contributed by atoms with Crippen LogP contribution in [-0.4, -0.2) is 170 Å². The number of unbranched alkanes of at least 4 members (excludes halogenated alkanes) is 3. The van der Waals surface area contributed by atoms with Crippen LogP contribution in [0, 0.1) is 23.7 Å². The molecule has 4 aliphatic heterocycles. The van der Waals surface area contributed by atoms with Crippen LogP contribution in [0.1, 0.15) is 111 Å². The normalized spacial score (nSPS) is 27.5. The third kappa shape index (κ3) is 15.4. The average molecular weight is 1110 g/mol. The number of aromatic amines is 1. The number of nitrogens with two attached hydrogens (primary N) is 1. The number of rotatable bonds is 14. The van der Waals surface area contributed by atoms with Crippen LogP contribution in [0.4, 0.5) is 4.79 Å². The maximum atomic E-state index is 16.1. The van der Waals surface area contributed by atoms with Gasteiger partial charge in [0.2, 0.25) is 41.2 Å². The Kier molecular flexibility index (Phi) is 20.9. The van der Waals surface area contributed by atoms with Gasteiger partial charge in [-0.05, 0) is 70.1 Å². The highest BCUT2D eigenvalue weighted by molar-refractivity contribution is 7.99. The van der Waals surface area contributed by atoms with E-state index in [2.05, 4.69) is 36.9 Å². The lowest BCUT2D eigenvalue weighted by Crippen LogP contribution is -2.65. The van der Waals surface area contributed by atoms with Crippen molar-refractivity contribution < 1.29 is 72.7 Å². The lowest BCUT2D eigenvalue weighted by molar-refractivity contribution is -0.168. The molecule has 1 aromatic carbocycles. The predicted molar refractivity (Wildman–Crippen MR) is 283 cm³/mol. The topological polar surface area (TPSA) is 367 Å². The van der Waals surface area contributed by atoms with Gasteiger partial charge in [-0.15, -0.1) is 11.8 Å². The van der Waals surface area contributed by atoms with Gasteiger partial charge in [-0.3, -0.25) is 43.2 Å². The summed E-state index contributed by atoms with van der Waals surface area (Å²) in [5, 5.41) is 49.7. The number of carbonyl (C=O) groups excluding carboxylic acids is 10. The number of benzene rings is 1. The number of aliphatic hydroxyl groups excluding tert-OH is 3. The molecule has 4 aliphatic rings. The van der Waals surface area contributed by atoms with Crippen LogP contribution in [0.2, 0.25) is 0 Å². The lowest BCUT2D eigenvalue weighted by atomic mass is 9.82. The SMILES string of the molecule is CC[C@H](C)[C@@H]1NC(=O)CNC(=O)C2CC(=O)[C@H]([C@@H](C)[C@@H](O)CO)NC(=O)[C@@H]3CC(O)CN3C3(CCCCCCNC(=O)OC(C)(C)C)Oc4ccc5c(c([nH]c5c4)SCC(NC(=O)CNC1=O)C(=O)C[C@@H](CC(N)=O)C3=O)C2. The van der Waals surface area contributed by atoms with Crippen molar-refractivity contribution in [1.82, 2.24) is 41.8 Å². The van der Waals surface area contributed by atoms with E-state index in [0.29, 0.717) is 47.2 Å². The minimum Gasteiger partial charge on any atom is -0.465 e. The van der Waals surface area contributed by atoms with Gasteiger partial charge in [-0.2, -0.15) is 0 Å². The van der Waals surface area contributed by atoms with Gasteiger partial charge in [-0.25, -0.2) is 9.69 Å². The van der Waals surface area contributed by atoms with E-state index in [1.807, 2.05) is 0 Å². The molecule has 5 heterocycles. The van der Waals surface area contributed by atoms with Crippen LogP contribution < -0.4 is 42.4 Å². The fourth-order valence-corrected chi connectivity index (χ4v) is 11.7. The molecule has 1 aromatic heterocycles. The molecule has 7 amide bonds. The summed E-state index contributed by atoms with van der Waals surface area (Å²) in [5.41, 5.74) is 3.72. The Balaban J connectivity index is 1.57. The molecule has 0 spiro atoms. The molecule has 1 saturated heterocycles. The number of primary amides is 1. The Hall–Kier alpha value is -6.15. The second kappa shape index (κ2) is 26.7. The summed E-state index contributed by atoms with van der Waals surface area (Å²) in [7, 11) is 0. The number of ether oxygens (including phenoxy) is 2. The second-order valence-corrected chi connectivity index (χ2v) is 23.1. The van der Waals surface area contributed by atoms with Crippen LogP contribution in [0.15, 0.2) is 23.2 Å². The third-order valence-electron chi connectivity index (χ3n) is 14.9. The molecule has 78 heavy (non-hydrogen) atoms. The molecule has 2 aromatic rings. The maximum Gasteiger partial charge on any atom is 0.407 e. The Bertz CT molecular complexity index is 2590. The van der Waals surface area contributed by atoms with Crippen molar-refractivity contribution in [3.05, 3.63) is 23.8 Å². The van der Waals surface area contributed by atoms with Crippen molar-refractivity contribution in [3.63, 3.8) is 0 Å². The van der Waals surface area contributed by atoms with E-state index >= 15 is 9.59 Å². The zero-order chi connectivity index (χ0) is 57.2. The molecule has 0 saturated carbocycles. The molecule has 0 aliphatic carbocycles. The van der Waals surface area contributed by atoms with E-state index in [-0.39, 0.29) is 50.3 Å². The van der Waals surface area contributed by atoms with Crippen LogP contribution in [-0.2, 0) is 54.3 Å². The molecule has 4 unspecified atom stereocenters. The Labute approximate surface area is 456 Å². The number of nitrogens with zero attached hydrogens (tertiary/aromatic N) is 1. The van der Waals surface area contributed by atoms with E-state index in [1.165, 1.54) is 11.8 Å². The van der Waals surface area contributed by atoms with Crippen molar-refractivity contribution in [3.8, 4) is 5.75 Å². The number of hydrogen-bond acceptors (Lipinski definition) is 17. The average Bonchev–Trinajstić information content (AvgIpc) is 3.95. The van der Waals surface area contributed by atoms with Crippen LogP contribution in [0.3, 0.4) is 0 Å². The summed E-state index contributed by atoms with van der Waals surface area (Å²) in [6, 6.07) is -0.829. The maximum absolute atomic E-state index is 16.1. The highest BCUT2D eigenvalue weighted by Gasteiger charge is 2.56. The number of Topliss-reactive ketones (excluding diaryl/α,β-unsaturated/α-hetero) is 3. The van der Waals surface area contributed by atoms with Crippen molar-refractivity contribution >= 4 is 81.6 Å². The summed E-state index contributed by atoms with van der Waals surface area (Å²) < 4.78 is 12.4. The van der Waals surface area contributed by atoms with Crippen LogP contribution in [0.5, 0.6) is 5.75 Å². The zero-order valence-corrected chi connectivity index (χ0v) is 46.0. The van der Waals surface area contributed by atoms with Gasteiger partial charge in [0.25, 0.3) is 0 Å². The highest BCUT2D eigenvalue weighted by Crippen LogP contribution is 2.41. The minimum absolute atomic E-state index is 0.0806. The van der Waals surface area contributed by atoms with Gasteiger partial charge >= 0.3 is 6.09 Å². The van der Waals surface area contributed by atoms with Crippen molar-refractivity contribution in [2.24, 2.45) is 29.4 Å². The molecule has 12 N–H and O–H groups in total. The number of thioether (sulfide) groups is 1. The first-order chi connectivity index (χ1) is 36.8. The lowest BCUT2D eigenvalue weighted by Gasteiger charge is -2.45. The predicted octanol–water partition coefficient (Wildman–Crippen LogP) is 0.146. The Morgan fingerprint density at radius 1 is 0.910 bits per heavy atom. The van der Waals surface area contributed by atoms with Crippen LogP contribution in [0.25, 0.3) is 10.9 Å². The van der Waals surface area contributed by atoms with E-state index in [1.54, 1.807) is 52.8 Å². The smallest absolute Gasteiger partial charge is 0.407 e. The molecule has 6 rings (SSSR count). The largest absolute Gasteiger partial charge is 0.465 e. The Morgan fingerprint density at radius 2 is 1.60 bits per heavy atom. The summed E-state index contributed by atoms with van der Waals surface area (Å²) in [6.07, 6.45) is -4.22. The van der Waals surface area contributed by atoms with E-state index < -0.39 is 169 Å². The van der Waals surface area contributed by atoms with E-state index in [4.69, 9.17) is 15.2 Å². The molecular weight excluding hydrogens is 1030 g/mol. The summed E-state index contributed by atoms with van der Waals surface area (Å²) >= 11 is 1.07. The molecule has 11 atom stereocenters. The number of alkyl carbamates (subject to hydrolysis) is 1. The third-order valence-corrected chi connectivity index (χ3v) is 16.1. The molecular formula is C53H77N9O15S. The quantitative estimate of drug-likeness (QED) is 0.112. The number of hydrogen-bond donors (Lipinski definition) is 11. The molecule has 0 radical (unpaired) electrons. The first-order valence-corrected chi connectivity index (χ1v) is 27.8. The van der Waals surface area contributed by atoms with Gasteiger partial charge < -0.3 is 67.4 Å². The zero-order valence-electron chi connectivity index (χ0n) is 45.2. The first-order valence-electron chi connectivity index (χ1n) is 26.8. The van der Waals surface area contributed by atoms with E-state index in [0.717, 1.165) is 11.8 Å². The number of nitrogens with one attached hydrogen (secondary N) is 7. The summed E-state index contributed by atoms with van der Waals surface area (Å²) in [5.74, 6) is -12.0. The number of amides is 7. The highest BCUT2D eigenvalue weighted by atomic mass is 32.2. The van der Waals surface area contributed by atoms with Gasteiger partial charge in [0.1, 0.15) is 17.4 Å². The van der Waals surface area contributed by atoms with Crippen molar-refractivity contribution in [2.75, 3.05) is 38.5 Å². The number of ketones is 3. The molecule has 1 fully saturated rings. The standard InChI is InChI=1S/C53H77N9O15S/c1-7-27(2)44-49(74)57-22-42(69)58-36-26-78-50-34-16-30(47(72)56-23-43(70)60-44)18-39(66)45(28(3)40(67)25-63)61-48(73)37-20-31(64)24-62(37)53(46(71)29(17-38(36)65)19-41(54)68,76-32-12-13-33(34)35(21-32)59-50)14-10-8-9-11-15-55-51(75)77-52(4,5)6/h12-13,21,27-31,36-37,40,44-45,59,63-64,67H,7-11,14-20,22-26H2,1-6H3,(H2,54,68)(H,55,75)(H,56,72)(H,57,74)(H,58,69)(H,60,70)(H,61,73)/t27-,28-,29-,30?,31?,36?,37-,40-,44-,45-,53?/m0/s1. The molecule has 8 bridgehead atoms. The number of fused-ring (bicyclic) bond motifs is 7. The number of aromatic nitrogens is 1. The molecule has 430 valence electrons. The van der Waals surface area contributed by atoms with Crippen molar-refractivity contribution in [1.29, 1.82) is 0 Å². The fourth-order valence-electron chi connectivity index (χ4n) is 10.5.